The maximum Gasteiger partial charge on any atom is 0.420 e. The van der Waals surface area contributed by atoms with Crippen molar-refractivity contribution in [1.29, 1.82) is 0 Å². The van der Waals surface area contributed by atoms with Crippen LogP contribution in [-0.2, 0) is 6.18 Å². The van der Waals surface area contributed by atoms with Gasteiger partial charge in [0.1, 0.15) is 28.9 Å². The molecule has 0 radical (unpaired) electrons. The van der Waals surface area contributed by atoms with Crippen molar-refractivity contribution in [3.05, 3.63) is 47.5 Å². The second-order valence-electron chi connectivity index (χ2n) is 4.75. The van der Waals surface area contributed by atoms with Crippen molar-refractivity contribution in [2.24, 2.45) is 0 Å². The van der Waals surface area contributed by atoms with E-state index >= 15 is 0 Å². The summed E-state index contributed by atoms with van der Waals surface area (Å²) in [5, 5.41) is 7.56. The minimum atomic E-state index is -4.68. The summed E-state index contributed by atoms with van der Waals surface area (Å²) in [5.74, 6) is -1.18. The van der Waals surface area contributed by atoms with E-state index in [-0.39, 0.29) is 12.3 Å². The van der Waals surface area contributed by atoms with Gasteiger partial charge in [-0.3, -0.25) is 9.89 Å². The van der Waals surface area contributed by atoms with Crippen molar-refractivity contribution >= 4 is 5.91 Å². The van der Waals surface area contributed by atoms with Gasteiger partial charge in [0.05, 0.1) is 12.7 Å². The summed E-state index contributed by atoms with van der Waals surface area (Å²) in [4.78, 5) is 11.8. The number of hydrogen-bond acceptors (Lipinski definition) is 3. The minimum absolute atomic E-state index is 0.0638. The van der Waals surface area contributed by atoms with Crippen LogP contribution in [0.2, 0.25) is 0 Å². The fourth-order valence-electron chi connectivity index (χ4n) is 1.81. The molecule has 1 unspecified atom stereocenters. The van der Waals surface area contributed by atoms with Gasteiger partial charge in [0.15, 0.2) is 0 Å². The van der Waals surface area contributed by atoms with Crippen LogP contribution in [0.15, 0.2) is 30.5 Å². The topological polar surface area (TPSA) is 67.0 Å². The first-order chi connectivity index (χ1) is 10.8. The molecule has 5 nitrogen and oxygen atoms in total. The summed E-state index contributed by atoms with van der Waals surface area (Å²) >= 11 is 0. The molecule has 2 rings (SSSR count). The molecule has 2 aromatic rings. The van der Waals surface area contributed by atoms with Crippen LogP contribution in [0.4, 0.5) is 17.6 Å². The first-order valence-corrected chi connectivity index (χ1v) is 6.58. The molecule has 1 heterocycles. The number of amides is 1. The summed E-state index contributed by atoms with van der Waals surface area (Å²) in [7, 11) is 0. The lowest BCUT2D eigenvalue weighted by atomic mass is 10.2. The van der Waals surface area contributed by atoms with E-state index in [0.717, 1.165) is 6.07 Å². The second-order valence-corrected chi connectivity index (χ2v) is 4.75. The molecule has 1 aromatic carbocycles. The van der Waals surface area contributed by atoms with Crippen molar-refractivity contribution in [3.8, 4) is 5.75 Å². The van der Waals surface area contributed by atoms with Crippen LogP contribution in [0, 0.1) is 5.82 Å². The van der Waals surface area contributed by atoms with Crippen molar-refractivity contribution in [3.63, 3.8) is 0 Å². The summed E-state index contributed by atoms with van der Waals surface area (Å²) in [6.07, 6.45) is -4.71. The standard InChI is InChI=1S/C14H13F4N3O2/c1-8(23-10-4-2-3-9(15)5-10)6-19-13(22)12-11(7-20-21-12)14(16,17)18/h2-5,7-8H,6H2,1H3,(H,19,22)(H,20,21). The molecule has 23 heavy (non-hydrogen) atoms. The molecule has 1 aromatic heterocycles. The Morgan fingerprint density at radius 2 is 2.17 bits per heavy atom. The van der Waals surface area contributed by atoms with Gasteiger partial charge in [-0.1, -0.05) is 6.07 Å². The number of halogens is 4. The third-order valence-electron chi connectivity index (χ3n) is 2.86. The molecule has 124 valence electrons. The second kappa shape index (κ2) is 6.67. The molecular weight excluding hydrogens is 318 g/mol. The third kappa shape index (κ3) is 4.44. The van der Waals surface area contributed by atoms with Crippen molar-refractivity contribution < 1.29 is 27.1 Å². The zero-order chi connectivity index (χ0) is 17.0. The fourth-order valence-corrected chi connectivity index (χ4v) is 1.81. The lowest BCUT2D eigenvalue weighted by molar-refractivity contribution is -0.137. The van der Waals surface area contributed by atoms with Crippen molar-refractivity contribution in [2.45, 2.75) is 19.2 Å². The molecule has 0 aliphatic rings. The molecule has 2 N–H and O–H groups in total. The Morgan fingerprint density at radius 3 is 2.83 bits per heavy atom. The normalized spacial score (nSPS) is 12.7. The van der Waals surface area contributed by atoms with Crippen LogP contribution >= 0.6 is 0 Å². The van der Waals surface area contributed by atoms with E-state index < -0.39 is 35.3 Å². The first-order valence-electron chi connectivity index (χ1n) is 6.58. The molecule has 9 heteroatoms. The van der Waals surface area contributed by atoms with Gasteiger partial charge in [0.2, 0.25) is 0 Å². The van der Waals surface area contributed by atoms with Crippen LogP contribution in [0.3, 0.4) is 0 Å². The molecular formula is C14H13F4N3O2. The Morgan fingerprint density at radius 1 is 1.43 bits per heavy atom. The highest BCUT2D eigenvalue weighted by molar-refractivity contribution is 5.93. The number of nitrogens with one attached hydrogen (secondary N) is 2. The minimum Gasteiger partial charge on any atom is -0.489 e. The molecule has 0 bridgehead atoms. The van der Waals surface area contributed by atoms with Gasteiger partial charge in [0, 0.05) is 6.07 Å². The zero-order valence-electron chi connectivity index (χ0n) is 11.9. The van der Waals surface area contributed by atoms with E-state index in [0.29, 0.717) is 6.20 Å². The highest BCUT2D eigenvalue weighted by Gasteiger charge is 2.37. The van der Waals surface area contributed by atoms with Gasteiger partial charge in [-0.25, -0.2) is 4.39 Å². The third-order valence-corrected chi connectivity index (χ3v) is 2.86. The molecule has 0 fully saturated rings. The van der Waals surface area contributed by atoms with E-state index in [9.17, 15) is 22.4 Å². The van der Waals surface area contributed by atoms with Crippen LogP contribution < -0.4 is 10.1 Å². The monoisotopic (exact) mass is 331 g/mol. The SMILES string of the molecule is CC(CNC(=O)c1[nH]ncc1C(F)(F)F)Oc1cccc(F)c1. The van der Waals surface area contributed by atoms with E-state index in [2.05, 4.69) is 10.4 Å². The molecule has 0 spiro atoms. The Bertz CT molecular complexity index is 685. The summed E-state index contributed by atoms with van der Waals surface area (Å²) in [5.41, 5.74) is -1.82. The number of carbonyl (C=O) groups excluding carboxylic acids is 1. The number of rotatable bonds is 5. The molecule has 0 saturated carbocycles. The smallest absolute Gasteiger partial charge is 0.420 e. The fraction of sp³-hybridized carbons (Fsp3) is 0.286. The van der Waals surface area contributed by atoms with Crippen molar-refractivity contribution in [2.75, 3.05) is 6.54 Å². The zero-order valence-corrected chi connectivity index (χ0v) is 11.9. The first kappa shape index (κ1) is 16.8. The van der Waals surface area contributed by atoms with Gasteiger partial charge in [-0.15, -0.1) is 0 Å². The quantitative estimate of drug-likeness (QED) is 0.828. The van der Waals surface area contributed by atoms with Gasteiger partial charge in [-0.05, 0) is 19.1 Å². The largest absolute Gasteiger partial charge is 0.489 e. The average molecular weight is 331 g/mol. The van der Waals surface area contributed by atoms with Crippen LogP contribution in [0.5, 0.6) is 5.75 Å². The highest BCUT2D eigenvalue weighted by atomic mass is 19.4. The van der Waals surface area contributed by atoms with Crippen LogP contribution in [0.25, 0.3) is 0 Å². The number of H-pyrrole nitrogens is 1. The van der Waals surface area contributed by atoms with E-state index in [1.54, 1.807) is 6.92 Å². The number of hydrogen-bond donors (Lipinski definition) is 2. The molecule has 1 atom stereocenters. The Kier molecular flexibility index (Phi) is 4.87. The summed E-state index contributed by atoms with van der Waals surface area (Å²) in [6, 6.07) is 5.39. The van der Waals surface area contributed by atoms with E-state index in [1.807, 2.05) is 5.10 Å². The number of alkyl halides is 3. The Labute approximate surface area is 128 Å². The van der Waals surface area contributed by atoms with Gasteiger partial charge >= 0.3 is 6.18 Å². The van der Waals surface area contributed by atoms with E-state index in [4.69, 9.17) is 4.74 Å². The molecule has 1 amide bonds. The van der Waals surface area contributed by atoms with Crippen molar-refractivity contribution in [1.82, 2.24) is 15.5 Å². The van der Waals surface area contributed by atoms with E-state index in [1.165, 1.54) is 18.2 Å². The maximum absolute atomic E-state index is 13.0. The maximum atomic E-state index is 13.0. The number of nitrogens with zero attached hydrogens (tertiary/aromatic N) is 1. The Hall–Kier alpha value is -2.58. The number of carbonyl (C=O) groups is 1. The number of aromatic nitrogens is 2. The lowest BCUT2D eigenvalue weighted by Crippen LogP contribution is -2.34. The van der Waals surface area contributed by atoms with Gasteiger partial charge in [-0.2, -0.15) is 18.3 Å². The number of benzene rings is 1. The summed E-state index contributed by atoms with van der Waals surface area (Å²) < 4.78 is 56.4. The van der Waals surface area contributed by atoms with Crippen LogP contribution in [0.1, 0.15) is 23.0 Å². The molecule has 0 aliphatic carbocycles. The Balaban J connectivity index is 1.93. The molecule has 0 saturated heterocycles. The van der Waals surface area contributed by atoms with Gasteiger partial charge < -0.3 is 10.1 Å². The average Bonchev–Trinajstić information content (AvgIpc) is 2.94. The van der Waals surface area contributed by atoms with Gasteiger partial charge in [0.25, 0.3) is 5.91 Å². The van der Waals surface area contributed by atoms with Crippen LogP contribution in [-0.4, -0.2) is 28.8 Å². The predicted octanol–water partition coefficient (Wildman–Crippen LogP) is 2.76. The predicted molar refractivity (Wildman–Crippen MR) is 72.4 cm³/mol. The molecule has 0 aliphatic heterocycles. The number of ether oxygens (including phenoxy) is 1. The highest BCUT2D eigenvalue weighted by Crippen LogP contribution is 2.30. The number of aromatic amines is 1. The summed E-state index contributed by atoms with van der Waals surface area (Å²) in [6.45, 7) is 1.52. The lowest BCUT2D eigenvalue weighted by Gasteiger charge is -2.15.